The van der Waals surface area contributed by atoms with Crippen molar-refractivity contribution in [2.45, 2.75) is 75.0 Å². The molecule has 120 valence electrons. The Morgan fingerprint density at radius 2 is 1.76 bits per heavy atom. The van der Waals surface area contributed by atoms with Crippen LogP contribution in [0.1, 0.15) is 51.4 Å². The first-order chi connectivity index (χ1) is 10.3. The number of nitrogens with one attached hydrogen (secondary N) is 1. The number of aliphatic hydroxyl groups is 1. The Bertz CT molecular complexity index is 367. The fourth-order valence-electron chi connectivity index (χ4n) is 4.90. The molecule has 0 amide bonds. The first-order valence-corrected chi connectivity index (χ1v) is 9.15. The molecule has 0 radical (unpaired) electrons. The lowest BCUT2D eigenvalue weighted by Crippen LogP contribution is -2.49. The second-order valence-corrected chi connectivity index (χ2v) is 7.93. The van der Waals surface area contributed by atoms with E-state index in [2.05, 4.69) is 15.1 Å². The van der Waals surface area contributed by atoms with Gasteiger partial charge in [0.05, 0.1) is 6.61 Å². The second kappa shape index (κ2) is 5.80. The molecule has 3 unspecified atom stereocenters. The van der Waals surface area contributed by atoms with Gasteiger partial charge in [0.25, 0.3) is 0 Å². The van der Waals surface area contributed by atoms with Crippen molar-refractivity contribution in [1.82, 2.24) is 15.1 Å². The molecule has 0 aromatic carbocycles. The molecular formula is C17H31N3O. The summed E-state index contributed by atoms with van der Waals surface area (Å²) in [5, 5.41) is 13.6. The molecule has 4 fully saturated rings. The van der Waals surface area contributed by atoms with Crippen LogP contribution >= 0.6 is 0 Å². The van der Waals surface area contributed by atoms with Gasteiger partial charge in [0.1, 0.15) is 0 Å². The van der Waals surface area contributed by atoms with Crippen molar-refractivity contribution < 1.29 is 5.11 Å². The molecule has 2 saturated carbocycles. The van der Waals surface area contributed by atoms with Crippen molar-refractivity contribution >= 4 is 0 Å². The molecule has 21 heavy (non-hydrogen) atoms. The van der Waals surface area contributed by atoms with Crippen molar-refractivity contribution in [2.24, 2.45) is 0 Å². The smallest absolute Gasteiger partial charge is 0.0614 e. The van der Waals surface area contributed by atoms with E-state index in [4.69, 9.17) is 0 Å². The number of hydrogen-bond acceptors (Lipinski definition) is 4. The second-order valence-electron chi connectivity index (χ2n) is 7.93. The van der Waals surface area contributed by atoms with Crippen molar-refractivity contribution in [2.75, 3.05) is 32.8 Å². The van der Waals surface area contributed by atoms with Gasteiger partial charge in [-0.15, -0.1) is 0 Å². The summed E-state index contributed by atoms with van der Waals surface area (Å²) < 4.78 is 0. The molecule has 3 atom stereocenters. The van der Waals surface area contributed by atoms with Crippen LogP contribution in [0, 0.1) is 0 Å². The van der Waals surface area contributed by atoms with Gasteiger partial charge in [-0.2, -0.15) is 0 Å². The Morgan fingerprint density at radius 1 is 0.952 bits per heavy atom. The fourth-order valence-corrected chi connectivity index (χ4v) is 4.90. The van der Waals surface area contributed by atoms with Crippen LogP contribution in [0.25, 0.3) is 0 Å². The minimum atomic E-state index is 0.0393. The van der Waals surface area contributed by atoms with E-state index < -0.39 is 0 Å². The molecule has 2 saturated heterocycles. The van der Waals surface area contributed by atoms with Gasteiger partial charge < -0.3 is 10.4 Å². The molecule has 2 heterocycles. The Kier molecular flexibility index (Phi) is 3.99. The van der Waals surface area contributed by atoms with Crippen LogP contribution in [0.3, 0.4) is 0 Å². The summed E-state index contributed by atoms with van der Waals surface area (Å²) in [5.41, 5.74) is 0.0393. The van der Waals surface area contributed by atoms with Crippen LogP contribution in [0.5, 0.6) is 0 Å². The summed E-state index contributed by atoms with van der Waals surface area (Å²) in [6.07, 6.45) is 10.4. The van der Waals surface area contributed by atoms with Crippen molar-refractivity contribution in [3.63, 3.8) is 0 Å². The van der Waals surface area contributed by atoms with Gasteiger partial charge in [0, 0.05) is 36.8 Å². The topological polar surface area (TPSA) is 38.7 Å². The van der Waals surface area contributed by atoms with Gasteiger partial charge in [-0.3, -0.25) is 9.80 Å². The monoisotopic (exact) mass is 293 g/mol. The average Bonchev–Trinajstić information content (AvgIpc) is 2.97. The molecule has 2 aliphatic carbocycles. The lowest BCUT2D eigenvalue weighted by atomic mass is 9.98. The highest BCUT2D eigenvalue weighted by molar-refractivity contribution is 5.04. The van der Waals surface area contributed by atoms with Crippen LogP contribution < -0.4 is 5.32 Å². The molecule has 4 heteroatoms. The predicted octanol–water partition coefficient (Wildman–Crippen LogP) is 1.19. The molecule has 0 aromatic heterocycles. The van der Waals surface area contributed by atoms with Crippen LogP contribution in [-0.4, -0.2) is 71.4 Å². The number of aliphatic hydroxyl groups excluding tert-OH is 1. The maximum Gasteiger partial charge on any atom is 0.0614 e. The van der Waals surface area contributed by atoms with E-state index in [1.165, 1.54) is 64.7 Å². The Labute approximate surface area is 128 Å². The maximum absolute atomic E-state index is 9.89. The summed E-state index contributed by atoms with van der Waals surface area (Å²) >= 11 is 0. The van der Waals surface area contributed by atoms with E-state index in [0.717, 1.165) is 18.9 Å². The van der Waals surface area contributed by atoms with E-state index in [-0.39, 0.29) is 5.54 Å². The maximum atomic E-state index is 9.89. The summed E-state index contributed by atoms with van der Waals surface area (Å²) in [6.45, 7) is 5.52. The molecule has 4 aliphatic rings. The largest absolute Gasteiger partial charge is 0.394 e. The standard InChI is InChI=1S/C17H31N3O/c21-13-17(18-14-3-4-14)7-5-15(11-17)20-10-6-16(12-20)19-8-1-2-9-19/h14-16,18,21H,1-13H2. The lowest BCUT2D eigenvalue weighted by Gasteiger charge is -2.31. The van der Waals surface area contributed by atoms with E-state index in [9.17, 15) is 5.11 Å². The number of likely N-dealkylation sites (tertiary alicyclic amines) is 2. The van der Waals surface area contributed by atoms with Crippen LogP contribution in [0.4, 0.5) is 0 Å². The molecule has 0 spiro atoms. The van der Waals surface area contributed by atoms with E-state index in [0.29, 0.717) is 18.7 Å². The summed E-state index contributed by atoms with van der Waals surface area (Å²) in [7, 11) is 0. The molecule has 4 nitrogen and oxygen atoms in total. The summed E-state index contributed by atoms with van der Waals surface area (Å²) in [6, 6.07) is 2.22. The number of hydrogen-bond donors (Lipinski definition) is 2. The Balaban J connectivity index is 1.32. The highest BCUT2D eigenvalue weighted by atomic mass is 16.3. The van der Waals surface area contributed by atoms with Crippen molar-refractivity contribution in [3.05, 3.63) is 0 Å². The zero-order valence-electron chi connectivity index (χ0n) is 13.3. The summed E-state index contributed by atoms with van der Waals surface area (Å²) in [5.74, 6) is 0. The van der Waals surface area contributed by atoms with E-state index in [1.54, 1.807) is 0 Å². The molecule has 4 rings (SSSR count). The first kappa shape index (κ1) is 14.4. The molecule has 0 aromatic rings. The van der Waals surface area contributed by atoms with E-state index in [1.807, 2.05) is 0 Å². The van der Waals surface area contributed by atoms with Gasteiger partial charge in [-0.1, -0.05) is 0 Å². The third kappa shape index (κ3) is 3.00. The van der Waals surface area contributed by atoms with Gasteiger partial charge in [-0.25, -0.2) is 0 Å². The van der Waals surface area contributed by atoms with Gasteiger partial charge >= 0.3 is 0 Å². The predicted molar refractivity (Wildman–Crippen MR) is 84.4 cm³/mol. The number of rotatable bonds is 5. The van der Waals surface area contributed by atoms with Crippen LogP contribution in [0.2, 0.25) is 0 Å². The molecular weight excluding hydrogens is 262 g/mol. The van der Waals surface area contributed by atoms with Crippen LogP contribution in [0.15, 0.2) is 0 Å². The molecule has 2 N–H and O–H groups in total. The minimum Gasteiger partial charge on any atom is -0.394 e. The highest BCUT2D eigenvalue weighted by Crippen LogP contribution is 2.37. The zero-order valence-corrected chi connectivity index (χ0v) is 13.3. The quantitative estimate of drug-likeness (QED) is 0.799. The van der Waals surface area contributed by atoms with Crippen molar-refractivity contribution in [3.8, 4) is 0 Å². The highest BCUT2D eigenvalue weighted by Gasteiger charge is 2.45. The Hall–Kier alpha value is -0.160. The fraction of sp³-hybridized carbons (Fsp3) is 1.00. The average molecular weight is 293 g/mol. The molecule has 2 aliphatic heterocycles. The van der Waals surface area contributed by atoms with Gasteiger partial charge in [-0.05, 0) is 64.5 Å². The Morgan fingerprint density at radius 3 is 2.48 bits per heavy atom. The SMILES string of the molecule is OCC1(NC2CC2)CCC(N2CCC(N3CCCC3)C2)C1. The third-order valence-electron chi connectivity index (χ3n) is 6.34. The number of nitrogens with zero attached hydrogens (tertiary/aromatic N) is 2. The lowest BCUT2D eigenvalue weighted by molar-refractivity contribution is 0.145. The zero-order chi connectivity index (χ0) is 14.3. The first-order valence-electron chi connectivity index (χ1n) is 9.15. The van der Waals surface area contributed by atoms with Gasteiger partial charge in [0.15, 0.2) is 0 Å². The summed E-state index contributed by atoms with van der Waals surface area (Å²) in [4.78, 5) is 5.45. The van der Waals surface area contributed by atoms with E-state index >= 15 is 0 Å². The van der Waals surface area contributed by atoms with Crippen molar-refractivity contribution in [1.29, 1.82) is 0 Å². The minimum absolute atomic E-state index is 0.0393. The van der Waals surface area contributed by atoms with Crippen LogP contribution in [-0.2, 0) is 0 Å². The van der Waals surface area contributed by atoms with Gasteiger partial charge in [0.2, 0.25) is 0 Å². The molecule has 0 bridgehead atoms. The third-order valence-corrected chi connectivity index (χ3v) is 6.34. The normalized spacial score (nSPS) is 42.1.